The fourth-order valence-corrected chi connectivity index (χ4v) is 3.11. The Morgan fingerprint density at radius 2 is 2.22 bits per heavy atom. The maximum absolute atomic E-state index is 13.2. The molecule has 0 amide bonds. The molecule has 9 heteroatoms. The molecule has 0 radical (unpaired) electrons. The van der Waals surface area contributed by atoms with Gasteiger partial charge in [-0.15, -0.1) is 0 Å². The average Bonchev–Trinajstić information content (AvgIpc) is 2.86. The molecule has 0 spiro atoms. The van der Waals surface area contributed by atoms with Crippen molar-refractivity contribution in [3.63, 3.8) is 0 Å². The third-order valence-electron chi connectivity index (χ3n) is 4.35. The van der Waals surface area contributed by atoms with Crippen molar-refractivity contribution in [1.82, 2.24) is 9.55 Å². The summed E-state index contributed by atoms with van der Waals surface area (Å²) in [4.78, 5) is 16.5. The van der Waals surface area contributed by atoms with E-state index in [0.29, 0.717) is 29.1 Å². The van der Waals surface area contributed by atoms with Gasteiger partial charge in [0.05, 0.1) is 26.0 Å². The predicted molar refractivity (Wildman–Crippen MR) is 89.8 cm³/mol. The van der Waals surface area contributed by atoms with Gasteiger partial charge in [0.25, 0.3) is 0 Å². The Morgan fingerprint density at radius 3 is 2.85 bits per heavy atom. The maximum Gasteiger partial charge on any atom is 0.387 e. The number of imidazole rings is 1. The summed E-state index contributed by atoms with van der Waals surface area (Å²) in [7, 11) is 1.26. The Morgan fingerprint density at radius 1 is 1.44 bits per heavy atom. The Hall–Kier alpha value is -2.55. The van der Waals surface area contributed by atoms with E-state index in [0.717, 1.165) is 0 Å². The largest absolute Gasteiger partial charge is 0.464 e. The first kappa shape index (κ1) is 19.2. The molecule has 0 N–H and O–H groups in total. The van der Waals surface area contributed by atoms with Crippen molar-refractivity contribution in [2.45, 2.75) is 32.6 Å². The fraction of sp³-hybridized carbons (Fsp3) is 0.444. The number of halogens is 3. The second kappa shape index (κ2) is 7.99. The van der Waals surface area contributed by atoms with Crippen molar-refractivity contribution < 1.29 is 32.2 Å². The molecule has 0 saturated heterocycles. The number of carbonyl (C=O) groups is 1. The molecule has 1 atom stereocenters. The van der Waals surface area contributed by atoms with Crippen LogP contribution in [0.15, 0.2) is 18.2 Å². The molecule has 1 aliphatic rings. The quantitative estimate of drug-likeness (QED) is 0.741. The summed E-state index contributed by atoms with van der Waals surface area (Å²) in [6.07, 6.45) is -0.285. The van der Waals surface area contributed by atoms with Crippen LogP contribution in [0.1, 0.15) is 21.7 Å². The summed E-state index contributed by atoms with van der Waals surface area (Å²) in [5.41, 5.74) is 1.81. The smallest absolute Gasteiger partial charge is 0.387 e. The van der Waals surface area contributed by atoms with Crippen molar-refractivity contribution in [2.75, 3.05) is 20.4 Å². The lowest BCUT2D eigenvalue weighted by atomic mass is 10.1. The molecule has 6 nitrogen and oxygen atoms in total. The summed E-state index contributed by atoms with van der Waals surface area (Å²) < 4.78 is 54.6. The van der Waals surface area contributed by atoms with Gasteiger partial charge in [0, 0.05) is 12.0 Å². The van der Waals surface area contributed by atoms with Crippen molar-refractivity contribution in [3.8, 4) is 17.1 Å². The summed E-state index contributed by atoms with van der Waals surface area (Å²) >= 11 is 0. The molecule has 27 heavy (non-hydrogen) atoms. The van der Waals surface area contributed by atoms with Gasteiger partial charge in [-0.1, -0.05) is 0 Å². The van der Waals surface area contributed by atoms with Gasteiger partial charge in [0.15, 0.2) is 5.69 Å². The lowest BCUT2D eigenvalue weighted by molar-refractivity contribution is -0.0502. The van der Waals surface area contributed by atoms with Crippen LogP contribution >= 0.6 is 0 Å². The SMILES string of the molecule is COC(=O)c1nc(-c2ccc(OC(F)F)c(C)c2)n2c1CCOC(CF)C2. The van der Waals surface area contributed by atoms with Crippen LogP contribution in [0.5, 0.6) is 5.75 Å². The molecule has 1 aliphatic heterocycles. The Kier molecular flexibility index (Phi) is 5.69. The van der Waals surface area contributed by atoms with E-state index in [-0.39, 0.29) is 24.6 Å². The number of rotatable bonds is 5. The van der Waals surface area contributed by atoms with Gasteiger partial charge in [-0.2, -0.15) is 8.78 Å². The number of esters is 1. The number of hydrogen-bond donors (Lipinski definition) is 0. The highest BCUT2D eigenvalue weighted by Gasteiger charge is 2.28. The maximum atomic E-state index is 13.2. The first-order chi connectivity index (χ1) is 12.9. The summed E-state index contributed by atoms with van der Waals surface area (Å²) in [5, 5.41) is 0. The molecule has 1 aromatic heterocycles. The van der Waals surface area contributed by atoms with Gasteiger partial charge in [-0.25, -0.2) is 14.2 Å². The van der Waals surface area contributed by atoms with Gasteiger partial charge >= 0.3 is 12.6 Å². The zero-order chi connectivity index (χ0) is 19.6. The van der Waals surface area contributed by atoms with E-state index < -0.39 is 25.4 Å². The molecule has 3 rings (SSSR count). The van der Waals surface area contributed by atoms with Crippen LogP contribution in [0.4, 0.5) is 13.2 Å². The standard InChI is InChI=1S/C18H19F3N2O4/c1-10-7-11(3-4-14(10)27-18(20)21)16-22-15(17(24)25-2)13-5-6-26-12(8-19)9-23(13)16/h3-4,7,12,18H,5-6,8-9H2,1-2H3. The monoisotopic (exact) mass is 384 g/mol. The second-order valence-corrected chi connectivity index (χ2v) is 6.09. The number of benzene rings is 1. The van der Waals surface area contributed by atoms with E-state index in [9.17, 15) is 18.0 Å². The number of methoxy groups -OCH3 is 1. The number of alkyl halides is 3. The lowest BCUT2D eigenvalue weighted by Crippen LogP contribution is -2.21. The van der Waals surface area contributed by atoms with Crippen molar-refractivity contribution in [3.05, 3.63) is 35.2 Å². The molecule has 0 aliphatic carbocycles. The molecule has 2 heterocycles. The van der Waals surface area contributed by atoms with Crippen LogP contribution in [-0.2, 0) is 22.4 Å². The minimum Gasteiger partial charge on any atom is -0.464 e. The molecule has 146 valence electrons. The van der Waals surface area contributed by atoms with E-state index in [1.165, 1.54) is 13.2 Å². The zero-order valence-corrected chi connectivity index (χ0v) is 14.9. The third kappa shape index (κ3) is 3.92. The topological polar surface area (TPSA) is 62.6 Å². The molecule has 0 bridgehead atoms. The van der Waals surface area contributed by atoms with E-state index in [4.69, 9.17) is 9.47 Å². The molecule has 2 aromatic rings. The number of nitrogens with zero attached hydrogens (tertiary/aromatic N) is 2. The number of hydrogen-bond acceptors (Lipinski definition) is 5. The van der Waals surface area contributed by atoms with E-state index in [1.807, 2.05) is 0 Å². The van der Waals surface area contributed by atoms with E-state index in [2.05, 4.69) is 9.72 Å². The van der Waals surface area contributed by atoms with E-state index in [1.54, 1.807) is 23.6 Å². The highest BCUT2D eigenvalue weighted by atomic mass is 19.3. The summed E-state index contributed by atoms with van der Waals surface area (Å²) in [5.74, 6) is -0.131. The molecular formula is C18H19F3N2O4. The van der Waals surface area contributed by atoms with Crippen LogP contribution < -0.4 is 4.74 Å². The first-order valence-corrected chi connectivity index (χ1v) is 8.35. The second-order valence-electron chi connectivity index (χ2n) is 6.09. The van der Waals surface area contributed by atoms with Crippen LogP contribution in [-0.4, -0.2) is 48.6 Å². The minimum atomic E-state index is -2.93. The minimum absolute atomic E-state index is 0.0505. The summed E-state index contributed by atoms with van der Waals surface area (Å²) in [6, 6.07) is 4.61. The molecule has 0 saturated carbocycles. The molecule has 0 fully saturated rings. The molecule has 1 unspecified atom stereocenters. The van der Waals surface area contributed by atoms with Gasteiger partial charge in [0.1, 0.15) is 24.4 Å². The Balaban J connectivity index is 2.08. The van der Waals surface area contributed by atoms with E-state index >= 15 is 0 Å². The number of fused-ring (bicyclic) bond motifs is 1. The predicted octanol–water partition coefficient (Wildman–Crippen LogP) is 3.16. The first-order valence-electron chi connectivity index (χ1n) is 8.35. The van der Waals surface area contributed by atoms with Crippen molar-refractivity contribution >= 4 is 5.97 Å². The van der Waals surface area contributed by atoms with Crippen LogP contribution in [0.3, 0.4) is 0 Å². The normalized spacial score (nSPS) is 16.7. The van der Waals surface area contributed by atoms with Gasteiger partial charge in [-0.05, 0) is 30.7 Å². The van der Waals surface area contributed by atoms with Crippen LogP contribution in [0.2, 0.25) is 0 Å². The van der Waals surface area contributed by atoms with Gasteiger partial charge in [-0.3, -0.25) is 0 Å². The fourth-order valence-electron chi connectivity index (χ4n) is 3.11. The number of aromatic nitrogens is 2. The third-order valence-corrected chi connectivity index (χ3v) is 4.35. The molecular weight excluding hydrogens is 365 g/mol. The van der Waals surface area contributed by atoms with Crippen molar-refractivity contribution in [2.24, 2.45) is 0 Å². The number of ether oxygens (including phenoxy) is 3. The van der Waals surface area contributed by atoms with Crippen LogP contribution in [0.25, 0.3) is 11.4 Å². The number of carbonyl (C=O) groups excluding carboxylic acids is 1. The highest BCUT2D eigenvalue weighted by molar-refractivity contribution is 5.89. The zero-order valence-electron chi connectivity index (χ0n) is 14.9. The summed E-state index contributed by atoms with van der Waals surface area (Å²) in [6.45, 7) is -1.54. The molecule has 1 aromatic carbocycles. The van der Waals surface area contributed by atoms with Crippen molar-refractivity contribution in [1.29, 1.82) is 0 Å². The Bertz CT molecular complexity index is 838. The van der Waals surface area contributed by atoms with Gasteiger partial charge in [0.2, 0.25) is 0 Å². The van der Waals surface area contributed by atoms with Gasteiger partial charge < -0.3 is 18.8 Å². The van der Waals surface area contributed by atoms with Crippen LogP contribution in [0, 0.1) is 6.92 Å². The lowest BCUT2D eigenvalue weighted by Gasteiger charge is -2.15. The highest BCUT2D eigenvalue weighted by Crippen LogP contribution is 2.30. The number of aryl methyl sites for hydroxylation is 1. The Labute approximate surface area is 153 Å². The average molecular weight is 384 g/mol.